The van der Waals surface area contributed by atoms with Crippen LogP contribution in [0.2, 0.25) is 0 Å². The number of nitrogens with one attached hydrogen (secondary N) is 3. The summed E-state index contributed by atoms with van der Waals surface area (Å²) in [5.41, 5.74) is 1.78. The largest absolute Gasteiger partial charge is 0.493 e. The van der Waals surface area contributed by atoms with Gasteiger partial charge in [-0.3, -0.25) is 9.59 Å². The van der Waals surface area contributed by atoms with Crippen molar-refractivity contribution in [3.05, 3.63) is 36.3 Å². The summed E-state index contributed by atoms with van der Waals surface area (Å²) in [6, 6.07) is 5.46. The van der Waals surface area contributed by atoms with Gasteiger partial charge >= 0.3 is 0 Å². The van der Waals surface area contributed by atoms with E-state index in [1.807, 2.05) is 19.2 Å². The first-order valence-electron chi connectivity index (χ1n) is 11.0. The summed E-state index contributed by atoms with van der Waals surface area (Å²) >= 11 is 0. The lowest BCUT2D eigenvalue weighted by Crippen LogP contribution is -2.28. The van der Waals surface area contributed by atoms with Crippen molar-refractivity contribution in [2.24, 2.45) is 0 Å². The molecular formula is C23H28N6O4. The first-order chi connectivity index (χ1) is 16.1. The van der Waals surface area contributed by atoms with Gasteiger partial charge in [0, 0.05) is 44.5 Å². The van der Waals surface area contributed by atoms with Gasteiger partial charge in [-0.2, -0.15) is 0 Å². The summed E-state index contributed by atoms with van der Waals surface area (Å²) in [6.07, 6.45) is 5.78. The molecule has 2 amide bonds. The Morgan fingerprint density at radius 1 is 1.12 bits per heavy atom. The molecule has 0 radical (unpaired) electrons. The van der Waals surface area contributed by atoms with E-state index in [4.69, 9.17) is 9.47 Å². The Labute approximate surface area is 192 Å². The van der Waals surface area contributed by atoms with Crippen LogP contribution in [0.4, 0.5) is 17.3 Å². The van der Waals surface area contributed by atoms with Gasteiger partial charge < -0.3 is 30.3 Å². The maximum absolute atomic E-state index is 12.6. The molecule has 0 saturated heterocycles. The van der Waals surface area contributed by atoms with E-state index >= 15 is 0 Å². The van der Waals surface area contributed by atoms with Crippen molar-refractivity contribution in [1.29, 1.82) is 0 Å². The van der Waals surface area contributed by atoms with Gasteiger partial charge in [0.1, 0.15) is 18.0 Å². The number of aromatic nitrogens is 2. The van der Waals surface area contributed by atoms with Crippen LogP contribution in [0.25, 0.3) is 5.57 Å². The molecule has 174 valence electrons. The number of carbonyl (C=O) groups excluding carboxylic acids is 2. The molecule has 2 bridgehead atoms. The Kier molecular flexibility index (Phi) is 6.92. The van der Waals surface area contributed by atoms with Gasteiger partial charge in [0.25, 0.3) is 5.91 Å². The Bertz CT molecular complexity index is 1070. The van der Waals surface area contributed by atoms with Crippen LogP contribution in [-0.2, 0) is 9.59 Å². The number of methoxy groups -OCH3 is 1. The molecule has 0 spiro atoms. The highest BCUT2D eigenvalue weighted by Gasteiger charge is 2.29. The molecule has 33 heavy (non-hydrogen) atoms. The third kappa shape index (κ3) is 5.16. The zero-order valence-corrected chi connectivity index (χ0v) is 18.8. The van der Waals surface area contributed by atoms with Crippen molar-refractivity contribution in [2.75, 3.05) is 49.8 Å². The smallest absolute Gasteiger partial charge is 0.259 e. The molecule has 1 aromatic carbocycles. The lowest BCUT2D eigenvalue weighted by molar-refractivity contribution is -0.130. The van der Waals surface area contributed by atoms with Crippen molar-refractivity contribution < 1.29 is 19.1 Å². The van der Waals surface area contributed by atoms with E-state index in [1.54, 1.807) is 24.3 Å². The number of ether oxygens (including phenoxy) is 2. The number of hydrogen-bond acceptors (Lipinski definition) is 8. The average molecular weight is 453 g/mol. The average Bonchev–Trinajstić information content (AvgIpc) is 3.15. The molecular weight excluding hydrogens is 424 g/mol. The molecule has 4 rings (SSSR count). The first kappa shape index (κ1) is 22.4. The maximum atomic E-state index is 12.6. The normalized spacial score (nSPS) is 18.7. The minimum absolute atomic E-state index is 0.111. The number of benzene rings is 1. The molecule has 2 aliphatic rings. The van der Waals surface area contributed by atoms with Crippen molar-refractivity contribution in [3.63, 3.8) is 0 Å². The molecule has 0 unspecified atom stereocenters. The van der Waals surface area contributed by atoms with Gasteiger partial charge in [0.15, 0.2) is 11.5 Å². The third-order valence-electron chi connectivity index (χ3n) is 5.57. The van der Waals surface area contributed by atoms with Crippen LogP contribution >= 0.6 is 0 Å². The zero-order chi connectivity index (χ0) is 23.2. The molecule has 1 aromatic heterocycles. The number of carbonyl (C=O) groups is 2. The second kappa shape index (κ2) is 10.2. The molecule has 0 saturated carbocycles. The maximum Gasteiger partial charge on any atom is 0.259 e. The lowest BCUT2D eigenvalue weighted by atomic mass is 10.1. The fourth-order valence-corrected chi connectivity index (χ4v) is 3.73. The van der Waals surface area contributed by atoms with Gasteiger partial charge in [0.2, 0.25) is 5.91 Å². The van der Waals surface area contributed by atoms with Crippen LogP contribution in [0.15, 0.2) is 30.7 Å². The fraction of sp³-hybridized carbons (Fsp3) is 0.391. The van der Waals surface area contributed by atoms with Crippen LogP contribution in [0.5, 0.6) is 11.5 Å². The highest BCUT2D eigenvalue weighted by molar-refractivity contribution is 6.32. The number of hydrogen-bond donors (Lipinski definition) is 3. The number of fused-ring (bicyclic) bond motifs is 2. The topological polar surface area (TPSA) is 118 Å². The molecule has 3 heterocycles. The quantitative estimate of drug-likeness (QED) is 0.605. The second-order valence-corrected chi connectivity index (χ2v) is 7.87. The van der Waals surface area contributed by atoms with E-state index in [1.165, 1.54) is 6.33 Å². The van der Waals surface area contributed by atoms with Crippen LogP contribution in [0, 0.1) is 0 Å². The van der Waals surface area contributed by atoms with Gasteiger partial charge in [-0.25, -0.2) is 9.97 Å². The first-order valence-corrected chi connectivity index (χ1v) is 11.0. The van der Waals surface area contributed by atoms with E-state index in [0.29, 0.717) is 60.4 Å². The molecule has 0 aliphatic carbocycles. The van der Waals surface area contributed by atoms with Crippen LogP contribution in [0.3, 0.4) is 0 Å². The van der Waals surface area contributed by atoms with Gasteiger partial charge in [-0.05, 0) is 31.4 Å². The third-order valence-corrected chi connectivity index (χ3v) is 5.57. The minimum Gasteiger partial charge on any atom is -0.493 e. The standard InChI is InChI=1S/C23H28N6O4/c1-29-10-5-9-24-21-20-16(23(31)28-22(20)27-14-26-21)13-25-15-7-8-17(32-2)18(12-15)33-11-4-3-6-19(29)30/h7-8,12-14,25H,3-6,9-11H2,1-2H3,(H2,24,26,27,28,31)/b16-13-. The van der Waals surface area contributed by atoms with E-state index in [0.717, 1.165) is 24.9 Å². The summed E-state index contributed by atoms with van der Waals surface area (Å²) in [5.74, 6) is 2.07. The Hall–Kier alpha value is -3.82. The van der Waals surface area contributed by atoms with Crippen molar-refractivity contribution in [2.45, 2.75) is 25.7 Å². The highest BCUT2D eigenvalue weighted by Crippen LogP contribution is 2.35. The minimum atomic E-state index is -0.262. The van der Waals surface area contributed by atoms with E-state index < -0.39 is 0 Å². The Balaban J connectivity index is 1.64. The zero-order valence-electron chi connectivity index (χ0n) is 18.8. The predicted octanol–water partition coefficient (Wildman–Crippen LogP) is 2.71. The molecule has 10 nitrogen and oxygen atoms in total. The molecule has 10 heteroatoms. The highest BCUT2D eigenvalue weighted by atomic mass is 16.5. The summed E-state index contributed by atoms with van der Waals surface area (Å²) in [7, 11) is 3.40. The molecule has 2 aliphatic heterocycles. The SMILES string of the molecule is COc1ccc2cc1OCCCCC(=O)N(C)CCCNc1ncnc3c1/C(=C/N2)C(=O)N3. The lowest BCUT2D eigenvalue weighted by Gasteiger charge is -2.17. The van der Waals surface area contributed by atoms with Crippen LogP contribution < -0.4 is 25.4 Å². The van der Waals surface area contributed by atoms with Gasteiger partial charge in [-0.15, -0.1) is 0 Å². The monoisotopic (exact) mass is 452 g/mol. The van der Waals surface area contributed by atoms with Crippen molar-refractivity contribution in [3.8, 4) is 11.5 Å². The molecule has 0 fully saturated rings. The van der Waals surface area contributed by atoms with E-state index in [9.17, 15) is 9.59 Å². The van der Waals surface area contributed by atoms with Gasteiger partial charge in [-0.1, -0.05) is 0 Å². The van der Waals surface area contributed by atoms with E-state index in [-0.39, 0.29) is 11.8 Å². The van der Waals surface area contributed by atoms with Crippen LogP contribution in [-0.4, -0.2) is 60.5 Å². The Morgan fingerprint density at radius 3 is 2.82 bits per heavy atom. The second-order valence-electron chi connectivity index (χ2n) is 7.87. The molecule has 0 atom stereocenters. The molecule has 2 aromatic rings. The molecule has 3 N–H and O–H groups in total. The number of rotatable bonds is 1. The summed E-state index contributed by atoms with van der Waals surface area (Å²) in [6.45, 7) is 1.70. The summed E-state index contributed by atoms with van der Waals surface area (Å²) in [5, 5.41) is 9.23. The predicted molar refractivity (Wildman–Crippen MR) is 125 cm³/mol. The number of amides is 2. The number of anilines is 3. The summed E-state index contributed by atoms with van der Waals surface area (Å²) in [4.78, 5) is 35.3. The summed E-state index contributed by atoms with van der Waals surface area (Å²) < 4.78 is 11.3. The van der Waals surface area contributed by atoms with Gasteiger partial charge in [0.05, 0.1) is 24.9 Å². The Morgan fingerprint density at radius 2 is 1.97 bits per heavy atom. The van der Waals surface area contributed by atoms with Crippen LogP contribution in [0.1, 0.15) is 31.2 Å². The number of nitrogens with zero attached hydrogens (tertiary/aromatic N) is 3. The van der Waals surface area contributed by atoms with E-state index in [2.05, 4.69) is 25.9 Å². The van der Waals surface area contributed by atoms with Crippen molar-refractivity contribution in [1.82, 2.24) is 14.9 Å². The van der Waals surface area contributed by atoms with Crippen molar-refractivity contribution >= 4 is 34.7 Å². The fourth-order valence-electron chi connectivity index (χ4n) is 3.73.